The van der Waals surface area contributed by atoms with E-state index in [9.17, 15) is 0 Å². The predicted molar refractivity (Wildman–Crippen MR) is 82.5 cm³/mol. The number of aromatic nitrogens is 1. The number of hydrogen-bond acceptors (Lipinski definition) is 3. The third-order valence-electron chi connectivity index (χ3n) is 4.01. The van der Waals surface area contributed by atoms with Gasteiger partial charge < -0.3 is 5.73 Å². The van der Waals surface area contributed by atoms with E-state index in [0.29, 0.717) is 5.92 Å². The van der Waals surface area contributed by atoms with Gasteiger partial charge in [0.15, 0.2) is 0 Å². The van der Waals surface area contributed by atoms with Crippen LogP contribution in [0, 0.1) is 0 Å². The van der Waals surface area contributed by atoms with Gasteiger partial charge in [-0.2, -0.15) is 0 Å². The van der Waals surface area contributed by atoms with E-state index < -0.39 is 0 Å². The van der Waals surface area contributed by atoms with E-state index in [1.807, 2.05) is 0 Å². The number of rotatable bonds is 3. The molecule has 1 aliphatic carbocycles. The molecular formula is C16H20N2S. The fraction of sp³-hybridized carbons (Fsp3) is 0.438. The van der Waals surface area contributed by atoms with E-state index in [4.69, 9.17) is 10.7 Å². The summed E-state index contributed by atoms with van der Waals surface area (Å²) in [6.45, 7) is 2.17. The maximum Gasteiger partial charge on any atom is 0.114 e. The Bertz CT molecular complexity index is 551. The Morgan fingerprint density at radius 2 is 1.89 bits per heavy atom. The zero-order valence-electron chi connectivity index (χ0n) is 11.4. The second-order valence-electron chi connectivity index (χ2n) is 5.30. The van der Waals surface area contributed by atoms with Crippen LogP contribution in [0.5, 0.6) is 0 Å². The number of anilines is 1. The first-order valence-corrected chi connectivity index (χ1v) is 7.95. The third kappa shape index (κ3) is 2.52. The lowest BCUT2D eigenvalue weighted by molar-refractivity contribution is 0.717. The summed E-state index contributed by atoms with van der Waals surface area (Å²) in [4.78, 5) is 4.81. The van der Waals surface area contributed by atoms with Crippen LogP contribution in [0.25, 0.3) is 11.3 Å². The molecule has 0 unspecified atom stereocenters. The molecule has 19 heavy (non-hydrogen) atoms. The lowest BCUT2D eigenvalue weighted by atomic mass is 10.1. The number of nitrogens with two attached hydrogens (primary N) is 1. The smallest absolute Gasteiger partial charge is 0.114 e. The van der Waals surface area contributed by atoms with Gasteiger partial charge in [-0.05, 0) is 24.8 Å². The van der Waals surface area contributed by atoms with Crippen molar-refractivity contribution in [1.82, 2.24) is 4.98 Å². The van der Waals surface area contributed by atoms with Gasteiger partial charge in [-0.25, -0.2) is 4.98 Å². The fourth-order valence-corrected chi connectivity index (χ4v) is 3.83. The molecule has 100 valence electrons. The first kappa shape index (κ1) is 12.7. The Labute approximate surface area is 118 Å². The van der Waals surface area contributed by atoms with Gasteiger partial charge in [0.1, 0.15) is 10.7 Å². The van der Waals surface area contributed by atoms with Crippen LogP contribution in [0.1, 0.15) is 49.1 Å². The average molecular weight is 272 g/mol. The number of thiazole rings is 1. The van der Waals surface area contributed by atoms with Gasteiger partial charge in [0.2, 0.25) is 0 Å². The van der Waals surface area contributed by atoms with Crippen molar-refractivity contribution in [2.24, 2.45) is 0 Å². The molecule has 1 aromatic carbocycles. The molecule has 0 radical (unpaired) electrons. The van der Waals surface area contributed by atoms with Crippen molar-refractivity contribution in [3.63, 3.8) is 0 Å². The molecule has 1 fully saturated rings. The van der Waals surface area contributed by atoms with Crippen LogP contribution >= 0.6 is 11.3 Å². The van der Waals surface area contributed by atoms with E-state index in [-0.39, 0.29) is 0 Å². The average Bonchev–Trinajstić information content (AvgIpc) is 3.08. The number of benzene rings is 1. The van der Waals surface area contributed by atoms with Gasteiger partial charge in [0.05, 0.1) is 5.01 Å². The monoisotopic (exact) mass is 272 g/mol. The van der Waals surface area contributed by atoms with Crippen molar-refractivity contribution in [1.29, 1.82) is 0 Å². The van der Waals surface area contributed by atoms with Crippen molar-refractivity contribution in [2.75, 3.05) is 5.73 Å². The molecule has 3 rings (SSSR count). The van der Waals surface area contributed by atoms with Crippen LogP contribution < -0.4 is 5.73 Å². The van der Waals surface area contributed by atoms with E-state index in [1.54, 1.807) is 11.3 Å². The fourth-order valence-electron chi connectivity index (χ4n) is 2.80. The highest BCUT2D eigenvalue weighted by atomic mass is 32.1. The minimum atomic E-state index is 0.649. The summed E-state index contributed by atoms with van der Waals surface area (Å²) in [5.74, 6) is 0.649. The highest BCUT2D eigenvalue weighted by Crippen LogP contribution is 2.40. The van der Waals surface area contributed by atoms with Crippen LogP contribution in [0.15, 0.2) is 24.3 Å². The molecule has 1 saturated carbocycles. The minimum Gasteiger partial charge on any atom is -0.389 e. The Morgan fingerprint density at radius 1 is 1.21 bits per heavy atom. The summed E-state index contributed by atoms with van der Waals surface area (Å²) in [6, 6.07) is 8.62. The summed E-state index contributed by atoms with van der Waals surface area (Å²) in [7, 11) is 0. The molecule has 0 amide bonds. The summed E-state index contributed by atoms with van der Waals surface area (Å²) >= 11 is 1.68. The lowest BCUT2D eigenvalue weighted by Gasteiger charge is -2.03. The number of hydrogen-bond donors (Lipinski definition) is 1. The van der Waals surface area contributed by atoms with Gasteiger partial charge >= 0.3 is 0 Å². The molecule has 2 aromatic rings. The Morgan fingerprint density at radius 3 is 2.53 bits per heavy atom. The summed E-state index contributed by atoms with van der Waals surface area (Å²) < 4.78 is 0. The van der Waals surface area contributed by atoms with Crippen LogP contribution in [-0.2, 0) is 6.42 Å². The van der Waals surface area contributed by atoms with Crippen molar-refractivity contribution >= 4 is 16.3 Å². The summed E-state index contributed by atoms with van der Waals surface area (Å²) in [6.07, 6.45) is 6.30. The van der Waals surface area contributed by atoms with Crippen LogP contribution in [0.3, 0.4) is 0 Å². The van der Waals surface area contributed by atoms with Gasteiger partial charge in [-0.3, -0.25) is 0 Å². The molecule has 3 heteroatoms. The van der Waals surface area contributed by atoms with Gasteiger partial charge in [-0.1, -0.05) is 44.0 Å². The zero-order chi connectivity index (χ0) is 13.2. The Hall–Kier alpha value is -1.35. The third-order valence-corrected chi connectivity index (χ3v) is 5.06. The van der Waals surface area contributed by atoms with Crippen LogP contribution in [0.4, 0.5) is 5.00 Å². The molecule has 0 bridgehead atoms. The first-order chi connectivity index (χ1) is 9.28. The van der Waals surface area contributed by atoms with E-state index in [1.165, 1.54) is 36.3 Å². The highest BCUT2D eigenvalue weighted by Gasteiger charge is 2.22. The summed E-state index contributed by atoms with van der Waals surface area (Å²) in [5, 5.41) is 2.11. The van der Waals surface area contributed by atoms with Crippen LogP contribution in [-0.4, -0.2) is 4.98 Å². The van der Waals surface area contributed by atoms with E-state index in [0.717, 1.165) is 22.7 Å². The molecule has 0 spiro atoms. The minimum absolute atomic E-state index is 0.649. The molecule has 1 aliphatic rings. The van der Waals surface area contributed by atoms with Crippen molar-refractivity contribution in [2.45, 2.75) is 44.9 Å². The molecular weight excluding hydrogens is 252 g/mol. The molecule has 0 atom stereocenters. The highest BCUT2D eigenvalue weighted by molar-refractivity contribution is 7.16. The van der Waals surface area contributed by atoms with Crippen molar-refractivity contribution < 1.29 is 0 Å². The molecule has 2 nitrogen and oxygen atoms in total. The number of nitrogens with zero attached hydrogens (tertiary/aromatic N) is 1. The van der Waals surface area contributed by atoms with E-state index in [2.05, 4.69) is 31.2 Å². The van der Waals surface area contributed by atoms with Crippen molar-refractivity contribution in [3.8, 4) is 11.3 Å². The molecule has 1 heterocycles. The Balaban J connectivity index is 1.90. The molecule has 2 N–H and O–H groups in total. The largest absolute Gasteiger partial charge is 0.389 e. The second kappa shape index (κ2) is 5.33. The lowest BCUT2D eigenvalue weighted by Crippen LogP contribution is -1.91. The maximum absolute atomic E-state index is 6.17. The standard InChI is InChI=1S/C16H20N2S/c1-2-11-7-9-12(10-8-11)14-15(17)19-16(18-14)13-5-3-4-6-13/h7-10,13H,2-6,17H2,1H3. The van der Waals surface area contributed by atoms with Crippen molar-refractivity contribution in [3.05, 3.63) is 34.8 Å². The van der Waals surface area contributed by atoms with Crippen LogP contribution in [0.2, 0.25) is 0 Å². The molecule has 0 saturated heterocycles. The Kier molecular flexibility index (Phi) is 3.56. The quantitative estimate of drug-likeness (QED) is 0.886. The number of nitrogen functional groups attached to an aromatic ring is 1. The molecule has 1 aromatic heterocycles. The second-order valence-corrected chi connectivity index (χ2v) is 6.36. The molecule has 0 aliphatic heterocycles. The SMILES string of the molecule is CCc1ccc(-c2nc(C3CCCC3)sc2N)cc1. The topological polar surface area (TPSA) is 38.9 Å². The van der Waals surface area contributed by atoms with Gasteiger partial charge in [0, 0.05) is 11.5 Å². The van der Waals surface area contributed by atoms with Gasteiger partial charge in [0.25, 0.3) is 0 Å². The number of aryl methyl sites for hydroxylation is 1. The van der Waals surface area contributed by atoms with Gasteiger partial charge in [-0.15, -0.1) is 11.3 Å². The normalized spacial score (nSPS) is 16.1. The summed E-state index contributed by atoms with van der Waals surface area (Å²) in [5.41, 5.74) is 9.65. The first-order valence-electron chi connectivity index (χ1n) is 7.13. The van der Waals surface area contributed by atoms with E-state index >= 15 is 0 Å². The maximum atomic E-state index is 6.17. The zero-order valence-corrected chi connectivity index (χ0v) is 12.2. The predicted octanol–water partition coefficient (Wildman–Crippen LogP) is 4.61.